The fourth-order valence-electron chi connectivity index (χ4n) is 4.34. The van der Waals surface area contributed by atoms with Crippen molar-refractivity contribution in [2.45, 2.75) is 6.92 Å². The van der Waals surface area contributed by atoms with E-state index in [0.29, 0.717) is 52.3 Å². The smallest absolute Gasteiger partial charge is 0.254 e. The number of aromatic nitrogens is 2. The summed E-state index contributed by atoms with van der Waals surface area (Å²) in [5, 5.41) is 2.79. The van der Waals surface area contributed by atoms with Gasteiger partial charge in [-0.15, -0.1) is 0 Å². The second-order valence-electron chi connectivity index (χ2n) is 8.99. The van der Waals surface area contributed by atoms with Gasteiger partial charge in [-0.2, -0.15) is 0 Å². The van der Waals surface area contributed by atoms with E-state index in [1.54, 1.807) is 36.4 Å². The molecule has 5 rings (SSSR count). The molecular formula is C28H26FN5O2. The Morgan fingerprint density at radius 1 is 0.833 bits per heavy atom. The van der Waals surface area contributed by atoms with Gasteiger partial charge in [-0.05, 0) is 61.6 Å². The first-order chi connectivity index (χ1) is 17.4. The van der Waals surface area contributed by atoms with Crippen molar-refractivity contribution in [2.24, 2.45) is 0 Å². The summed E-state index contributed by atoms with van der Waals surface area (Å²) >= 11 is 0. The number of piperazine rings is 1. The van der Waals surface area contributed by atoms with Crippen molar-refractivity contribution in [2.75, 3.05) is 38.5 Å². The quantitative estimate of drug-likeness (QED) is 0.464. The molecule has 7 nitrogen and oxygen atoms in total. The Kier molecular flexibility index (Phi) is 6.43. The van der Waals surface area contributed by atoms with E-state index in [1.165, 1.54) is 19.1 Å². The van der Waals surface area contributed by atoms with Crippen LogP contribution >= 0.6 is 0 Å². The molecule has 0 radical (unpaired) electrons. The maximum atomic E-state index is 13.6. The molecular weight excluding hydrogens is 457 g/mol. The number of nitrogens with zero attached hydrogens (tertiary/aromatic N) is 4. The third kappa shape index (κ3) is 4.94. The number of nitrogens with one attached hydrogen (secondary N) is 1. The van der Waals surface area contributed by atoms with Gasteiger partial charge in [0.05, 0.1) is 22.4 Å². The molecule has 36 heavy (non-hydrogen) atoms. The Bertz CT molecular complexity index is 1450. The molecule has 8 heteroatoms. The summed E-state index contributed by atoms with van der Waals surface area (Å²) < 4.78 is 13.6. The number of benzene rings is 3. The summed E-state index contributed by atoms with van der Waals surface area (Å²) in [6.07, 6.45) is 0. The first-order valence-corrected chi connectivity index (χ1v) is 11.8. The van der Waals surface area contributed by atoms with Gasteiger partial charge in [0.25, 0.3) is 5.91 Å². The number of anilines is 1. The summed E-state index contributed by atoms with van der Waals surface area (Å²) in [6.45, 7) is 4.50. The van der Waals surface area contributed by atoms with Crippen molar-refractivity contribution in [3.63, 3.8) is 0 Å². The molecule has 2 heterocycles. The van der Waals surface area contributed by atoms with Crippen LogP contribution in [0, 0.1) is 5.82 Å². The number of hydrogen-bond acceptors (Lipinski definition) is 5. The van der Waals surface area contributed by atoms with Crippen molar-refractivity contribution < 1.29 is 14.0 Å². The highest BCUT2D eigenvalue weighted by Gasteiger charge is 2.21. The van der Waals surface area contributed by atoms with Crippen LogP contribution in [0.25, 0.3) is 33.5 Å². The normalized spacial score (nSPS) is 14.1. The van der Waals surface area contributed by atoms with E-state index < -0.39 is 0 Å². The van der Waals surface area contributed by atoms with Crippen molar-refractivity contribution in [1.29, 1.82) is 0 Å². The number of fused-ring (bicyclic) bond motifs is 1. The molecule has 4 aromatic rings. The highest BCUT2D eigenvalue weighted by Crippen LogP contribution is 2.32. The zero-order valence-electron chi connectivity index (χ0n) is 20.2. The number of carbonyl (C=O) groups excluding carboxylic acids is 2. The number of likely N-dealkylation sites (N-methyl/N-ethyl adjacent to an activating group) is 1. The standard InChI is InChI=1S/C28H26FN5O2/c1-18(35)30-23-5-3-4-20(16-23)27-26(19-6-9-22(29)10-7-19)31-24-11-8-21(17-25(24)32-27)28(36)34-14-12-33(2)13-15-34/h3-11,16-17H,12-15H2,1-2H3,(H,30,35). The highest BCUT2D eigenvalue weighted by atomic mass is 19.1. The molecule has 0 bridgehead atoms. The topological polar surface area (TPSA) is 78.4 Å². The Morgan fingerprint density at radius 3 is 2.25 bits per heavy atom. The summed E-state index contributed by atoms with van der Waals surface area (Å²) in [7, 11) is 2.05. The Morgan fingerprint density at radius 2 is 1.53 bits per heavy atom. The third-order valence-electron chi connectivity index (χ3n) is 6.28. The number of amides is 2. The number of halogens is 1. The second kappa shape index (κ2) is 9.83. The molecule has 0 spiro atoms. The molecule has 1 aromatic heterocycles. The molecule has 1 N–H and O–H groups in total. The number of hydrogen-bond donors (Lipinski definition) is 1. The molecule has 3 aromatic carbocycles. The Balaban J connectivity index is 1.61. The SMILES string of the molecule is CC(=O)Nc1cccc(-c2nc3cc(C(=O)N4CCN(C)CC4)ccc3nc2-c2ccc(F)cc2)c1. The number of carbonyl (C=O) groups is 2. The minimum Gasteiger partial charge on any atom is -0.336 e. The van der Waals surface area contributed by atoms with E-state index in [1.807, 2.05) is 23.1 Å². The number of rotatable bonds is 4. The van der Waals surface area contributed by atoms with Crippen molar-refractivity contribution >= 4 is 28.5 Å². The maximum Gasteiger partial charge on any atom is 0.254 e. The van der Waals surface area contributed by atoms with Crippen LogP contribution in [0.15, 0.2) is 66.7 Å². The van der Waals surface area contributed by atoms with Crippen molar-refractivity contribution in [3.8, 4) is 22.5 Å². The lowest BCUT2D eigenvalue weighted by molar-refractivity contribution is -0.114. The van der Waals surface area contributed by atoms with Crippen LogP contribution in [0.1, 0.15) is 17.3 Å². The molecule has 1 saturated heterocycles. The first kappa shape index (κ1) is 23.6. The summed E-state index contributed by atoms with van der Waals surface area (Å²) in [5.74, 6) is -0.542. The molecule has 182 valence electrons. The molecule has 0 aliphatic carbocycles. The van der Waals surface area contributed by atoms with Gasteiger partial charge in [-0.1, -0.05) is 12.1 Å². The Labute approximate surface area is 208 Å². The van der Waals surface area contributed by atoms with Crippen LogP contribution in [0.3, 0.4) is 0 Å². The van der Waals surface area contributed by atoms with E-state index in [4.69, 9.17) is 9.97 Å². The van der Waals surface area contributed by atoms with Gasteiger partial charge in [0.15, 0.2) is 0 Å². The lowest BCUT2D eigenvalue weighted by Gasteiger charge is -2.32. The first-order valence-electron chi connectivity index (χ1n) is 11.8. The fourth-order valence-corrected chi connectivity index (χ4v) is 4.34. The average molecular weight is 484 g/mol. The predicted molar refractivity (Wildman–Crippen MR) is 138 cm³/mol. The van der Waals surface area contributed by atoms with Crippen LogP contribution in [-0.4, -0.2) is 64.8 Å². The zero-order chi connectivity index (χ0) is 25.2. The molecule has 1 fully saturated rings. The fraction of sp³-hybridized carbons (Fsp3) is 0.214. The van der Waals surface area contributed by atoms with Gasteiger partial charge < -0.3 is 15.1 Å². The van der Waals surface area contributed by atoms with Gasteiger partial charge in [0, 0.05) is 55.5 Å². The summed E-state index contributed by atoms with van der Waals surface area (Å²) in [6, 6.07) is 18.8. The van der Waals surface area contributed by atoms with Gasteiger partial charge in [-0.25, -0.2) is 14.4 Å². The van der Waals surface area contributed by atoms with Gasteiger partial charge in [0.2, 0.25) is 5.91 Å². The monoisotopic (exact) mass is 483 g/mol. The third-order valence-corrected chi connectivity index (χ3v) is 6.28. The molecule has 1 aliphatic heterocycles. The highest BCUT2D eigenvalue weighted by molar-refractivity contribution is 5.98. The molecule has 2 amide bonds. The average Bonchev–Trinajstić information content (AvgIpc) is 2.88. The van der Waals surface area contributed by atoms with Crippen LogP contribution in [0.2, 0.25) is 0 Å². The minimum atomic E-state index is -0.339. The molecule has 0 atom stereocenters. The second-order valence-corrected chi connectivity index (χ2v) is 8.99. The molecule has 1 aliphatic rings. The summed E-state index contributed by atoms with van der Waals surface area (Å²) in [5.41, 5.74) is 5.02. The zero-order valence-corrected chi connectivity index (χ0v) is 20.2. The Hall–Kier alpha value is -4.17. The van der Waals surface area contributed by atoms with Crippen molar-refractivity contribution in [3.05, 3.63) is 78.1 Å². The maximum absolute atomic E-state index is 13.6. The minimum absolute atomic E-state index is 0.0244. The van der Waals surface area contributed by atoms with Crippen LogP contribution in [0.5, 0.6) is 0 Å². The van der Waals surface area contributed by atoms with E-state index in [0.717, 1.165) is 18.7 Å². The molecule has 0 unspecified atom stereocenters. The van der Waals surface area contributed by atoms with Gasteiger partial charge >= 0.3 is 0 Å². The van der Waals surface area contributed by atoms with Crippen molar-refractivity contribution in [1.82, 2.24) is 19.8 Å². The van der Waals surface area contributed by atoms with E-state index >= 15 is 0 Å². The lowest BCUT2D eigenvalue weighted by Crippen LogP contribution is -2.47. The van der Waals surface area contributed by atoms with Crippen LogP contribution in [-0.2, 0) is 4.79 Å². The molecule has 0 saturated carbocycles. The van der Waals surface area contributed by atoms with E-state index in [2.05, 4.69) is 17.3 Å². The van der Waals surface area contributed by atoms with Gasteiger partial charge in [0.1, 0.15) is 5.82 Å². The van der Waals surface area contributed by atoms with Crippen LogP contribution < -0.4 is 5.32 Å². The summed E-state index contributed by atoms with van der Waals surface area (Å²) in [4.78, 5) is 38.6. The largest absolute Gasteiger partial charge is 0.336 e. The van der Waals surface area contributed by atoms with Crippen LogP contribution in [0.4, 0.5) is 10.1 Å². The van der Waals surface area contributed by atoms with Gasteiger partial charge in [-0.3, -0.25) is 9.59 Å². The predicted octanol–water partition coefficient (Wildman–Crippen LogP) is 4.45. The van der Waals surface area contributed by atoms with E-state index in [9.17, 15) is 14.0 Å². The van der Waals surface area contributed by atoms with E-state index in [-0.39, 0.29) is 17.6 Å². The lowest BCUT2D eigenvalue weighted by atomic mass is 10.0.